The van der Waals surface area contributed by atoms with Crippen LogP contribution in [0.25, 0.3) is 0 Å². The summed E-state index contributed by atoms with van der Waals surface area (Å²) in [7, 11) is 0. The van der Waals surface area contributed by atoms with Crippen LogP contribution in [0.3, 0.4) is 0 Å². The van der Waals surface area contributed by atoms with Crippen LogP contribution in [0.1, 0.15) is 24.0 Å². The van der Waals surface area contributed by atoms with Crippen LogP contribution in [0.5, 0.6) is 0 Å². The summed E-state index contributed by atoms with van der Waals surface area (Å²) in [6, 6.07) is 29.4. The van der Waals surface area contributed by atoms with Crippen LogP contribution in [0, 0.1) is 0 Å². The minimum atomic E-state index is 0.930. The molecule has 0 saturated heterocycles. The van der Waals surface area contributed by atoms with Crippen LogP contribution >= 0.6 is 0 Å². The molecule has 3 aromatic carbocycles. The topological polar surface area (TPSA) is 31.2 Å². The first kappa shape index (κ1) is 16.8. The van der Waals surface area contributed by atoms with Crippen molar-refractivity contribution >= 4 is 22.8 Å². The van der Waals surface area contributed by atoms with E-state index in [-0.39, 0.29) is 0 Å². The average Bonchev–Trinajstić information content (AvgIpc) is 3.46. The summed E-state index contributed by atoms with van der Waals surface area (Å²) in [4.78, 5) is 0. The Morgan fingerprint density at radius 2 is 0.893 bits per heavy atom. The van der Waals surface area contributed by atoms with Crippen molar-refractivity contribution in [2.75, 3.05) is 23.1 Å². The van der Waals surface area contributed by atoms with Crippen LogP contribution < -0.4 is 10.0 Å². The maximum absolute atomic E-state index is 4.82. The number of hydrogen-bond acceptors (Lipinski definition) is 4. The summed E-state index contributed by atoms with van der Waals surface area (Å²) >= 11 is 0. The smallest absolute Gasteiger partial charge is 0.0700 e. The molecule has 2 aliphatic rings. The molecular formula is C24H22N4. The zero-order chi connectivity index (χ0) is 18.8. The van der Waals surface area contributed by atoms with Crippen molar-refractivity contribution < 1.29 is 0 Å². The molecule has 0 saturated carbocycles. The Morgan fingerprint density at radius 1 is 0.500 bits per heavy atom. The lowest BCUT2D eigenvalue weighted by molar-refractivity contribution is 0.922. The van der Waals surface area contributed by atoms with E-state index in [1.807, 2.05) is 12.1 Å². The fourth-order valence-electron chi connectivity index (χ4n) is 3.75. The Kier molecular flexibility index (Phi) is 4.37. The highest BCUT2D eigenvalue weighted by Gasteiger charge is 2.19. The zero-order valence-corrected chi connectivity index (χ0v) is 15.7. The van der Waals surface area contributed by atoms with Gasteiger partial charge in [-0.2, -0.15) is 10.2 Å². The van der Waals surface area contributed by atoms with Gasteiger partial charge in [0.2, 0.25) is 0 Å². The predicted molar refractivity (Wildman–Crippen MR) is 116 cm³/mol. The zero-order valence-electron chi connectivity index (χ0n) is 15.7. The van der Waals surface area contributed by atoms with Gasteiger partial charge in [0.25, 0.3) is 0 Å². The first-order valence-corrected chi connectivity index (χ1v) is 9.78. The van der Waals surface area contributed by atoms with E-state index in [1.54, 1.807) is 0 Å². The van der Waals surface area contributed by atoms with Crippen molar-refractivity contribution in [1.29, 1.82) is 0 Å². The summed E-state index contributed by atoms with van der Waals surface area (Å²) < 4.78 is 0. The Hall–Kier alpha value is -3.40. The molecular weight excluding hydrogens is 344 g/mol. The van der Waals surface area contributed by atoms with Crippen LogP contribution in [-0.4, -0.2) is 24.5 Å². The lowest BCUT2D eigenvalue weighted by atomic mass is 10.0. The van der Waals surface area contributed by atoms with E-state index < -0.39 is 0 Å². The quantitative estimate of drug-likeness (QED) is 0.656. The van der Waals surface area contributed by atoms with Gasteiger partial charge >= 0.3 is 0 Å². The molecule has 0 unspecified atom stereocenters. The van der Waals surface area contributed by atoms with Crippen LogP contribution in [0.2, 0.25) is 0 Å². The molecule has 3 aromatic rings. The Bertz CT molecular complexity index is 923. The van der Waals surface area contributed by atoms with E-state index in [0.29, 0.717) is 0 Å². The number of para-hydroxylation sites is 2. The highest BCUT2D eigenvalue weighted by Crippen LogP contribution is 2.24. The first-order chi connectivity index (χ1) is 13.9. The van der Waals surface area contributed by atoms with E-state index in [0.717, 1.165) is 48.7 Å². The number of hydrazone groups is 2. The molecule has 0 fully saturated rings. The van der Waals surface area contributed by atoms with Gasteiger partial charge in [-0.1, -0.05) is 60.7 Å². The predicted octanol–water partition coefficient (Wildman–Crippen LogP) is 4.92. The van der Waals surface area contributed by atoms with Gasteiger partial charge < -0.3 is 0 Å². The van der Waals surface area contributed by atoms with Gasteiger partial charge in [-0.3, -0.25) is 10.0 Å². The number of benzene rings is 3. The van der Waals surface area contributed by atoms with E-state index in [2.05, 4.69) is 82.8 Å². The normalized spacial score (nSPS) is 16.3. The molecule has 0 radical (unpaired) electrons. The summed E-state index contributed by atoms with van der Waals surface area (Å²) in [5.41, 5.74) is 6.98. The van der Waals surface area contributed by atoms with Crippen molar-refractivity contribution in [2.45, 2.75) is 12.8 Å². The van der Waals surface area contributed by atoms with Gasteiger partial charge in [-0.05, 0) is 35.4 Å². The summed E-state index contributed by atoms with van der Waals surface area (Å²) in [5, 5.41) is 13.8. The molecule has 2 heterocycles. The maximum Gasteiger partial charge on any atom is 0.0700 e. The molecule has 28 heavy (non-hydrogen) atoms. The largest absolute Gasteiger partial charge is 0.265 e. The fourth-order valence-corrected chi connectivity index (χ4v) is 3.75. The van der Waals surface area contributed by atoms with Crippen molar-refractivity contribution in [3.05, 3.63) is 96.1 Å². The minimum Gasteiger partial charge on any atom is -0.265 e. The third kappa shape index (κ3) is 3.29. The lowest BCUT2D eigenvalue weighted by Crippen LogP contribution is -2.11. The van der Waals surface area contributed by atoms with Gasteiger partial charge in [0, 0.05) is 25.9 Å². The molecule has 0 amide bonds. The van der Waals surface area contributed by atoms with Crippen LogP contribution in [-0.2, 0) is 0 Å². The molecule has 5 rings (SSSR count). The van der Waals surface area contributed by atoms with Gasteiger partial charge in [-0.15, -0.1) is 0 Å². The average molecular weight is 366 g/mol. The highest BCUT2D eigenvalue weighted by atomic mass is 15.5. The second-order valence-electron chi connectivity index (χ2n) is 7.09. The van der Waals surface area contributed by atoms with Gasteiger partial charge in [0.1, 0.15) is 0 Å². The molecule has 0 spiro atoms. The number of anilines is 2. The van der Waals surface area contributed by atoms with Gasteiger partial charge in [0.15, 0.2) is 0 Å². The second-order valence-corrected chi connectivity index (χ2v) is 7.09. The highest BCUT2D eigenvalue weighted by molar-refractivity contribution is 6.05. The van der Waals surface area contributed by atoms with Crippen molar-refractivity contribution in [3.8, 4) is 0 Å². The van der Waals surface area contributed by atoms with E-state index in [4.69, 9.17) is 10.2 Å². The summed E-state index contributed by atoms with van der Waals surface area (Å²) in [6.45, 7) is 1.86. The minimum absolute atomic E-state index is 0.930. The van der Waals surface area contributed by atoms with Crippen molar-refractivity contribution in [2.24, 2.45) is 10.2 Å². The van der Waals surface area contributed by atoms with E-state index in [1.165, 1.54) is 11.1 Å². The SMILES string of the molecule is c1ccc(N2CCC(c3ccc(C4=NN(c5ccccc5)CC4)cc3)=N2)cc1. The Labute approximate surface area is 165 Å². The maximum atomic E-state index is 4.82. The molecule has 0 aliphatic carbocycles. The molecule has 4 heteroatoms. The Morgan fingerprint density at radius 3 is 1.29 bits per heavy atom. The Balaban J connectivity index is 1.33. The third-order valence-corrected chi connectivity index (χ3v) is 5.26. The molecule has 0 aromatic heterocycles. The molecule has 0 bridgehead atoms. The van der Waals surface area contributed by atoms with Gasteiger partial charge in [0.05, 0.1) is 22.8 Å². The fraction of sp³-hybridized carbons (Fsp3) is 0.167. The number of nitrogens with zero attached hydrogens (tertiary/aromatic N) is 4. The van der Waals surface area contributed by atoms with Crippen LogP contribution in [0.15, 0.2) is 95.1 Å². The van der Waals surface area contributed by atoms with E-state index in [9.17, 15) is 0 Å². The molecule has 0 N–H and O–H groups in total. The monoisotopic (exact) mass is 366 g/mol. The summed E-state index contributed by atoms with van der Waals surface area (Å²) in [5.74, 6) is 0. The standard InChI is InChI=1S/C24H22N4/c1-3-7-21(8-4-1)27-17-15-23(25-27)19-11-13-20(14-12-19)24-16-18-28(26-24)22-9-5-2-6-10-22/h1-14H,15-18H2. The lowest BCUT2D eigenvalue weighted by Gasteiger charge is -2.12. The van der Waals surface area contributed by atoms with Crippen LogP contribution in [0.4, 0.5) is 11.4 Å². The molecule has 138 valence electrons. The summed E-state index contributed by atoms with van der Waals surface area (Å²) in [6.07, 6.45) is 1.94. The first-order valence-electron chi connectivity index (χ1n) is 9.78. The molecule has 0 atom stereocenters. The second kappa shape index (κ2) is 7.31. The third-order valence-electron chi connectivity index (χ3n) is 5.26. The number of rotatable bonds is 4. The molecule has 2 aliphatic heterocycles. The van der Waals surface area contributed by atoms with Crippen molar-refractivity contribution in [3.63, 3.8) is 0 Å². The van der Waals surface area contributed by atoms with Gasteiger partial charge in [-0.25, -0.2) is 0 Å². The number of hydrogen-bond donors (Lipinski definition) is 0. The van der Waals surface area contributed by atoms with Crippen molar-refractivity contribution in [1.82, 2.24) is 0 Å². The van der Waals surface area contributed by atoms with E-state index >= 15 is 0 Å². The molecule has 4 nitrogen and oxygen atoms in total.